The zero-order valence-corrected chi connectivity index (χ0v) is 22.9. The molecule has 2 aliphatic rings. The molecule has 2 aliphatic heterocycles. The number of methoxy groups -OCH3 is 1. The molecule has 1 aromatic heterocycles. The molecule has 14 nitrogen and oxygen atoms in total. The van der Waals surface area contributed by atoms with Crippen LogP contribution in [0.5, 0.6) is 0 Å². The fourth-order valence-electron chi connectivity index (χ4n) is 3.13. The summed E-state index contributed by atoms with van der Waals surface area (Å²) in [6.07, 6.45) is 0. The van der Waals surface area contributed by atoms with Crippen molar-refractivity contribution < 1.29 is 63.7 Å². The first kappa shape index (κ1) is 31.7. The Morgan fingerprint density at radius 2 is 2.14 bits per heavy atom. The summed E-state index contributed by atoms with van der Waals surface area (Å²) >= 11 is 3.43. The summed E-state index contributed by atoms with van der Waals surface area (Å²) in [7, 11) is 2.88. The number of aromatic nitrogens is 4. The summed E-state index contributed by atoms with van der Waals surface area (Å²) in [5.74, 6) is -3.73. The van der Waals surface area contributed by atoms with Crippen molar-refractivity contribution in [3.05, 3.63) is 11.3 Å². The monoisotopic (exact) mass is 557 g/mol. The third-order valence-corrected chi connectivity index (χ3v) is 8.29. The molecule has 0 aromatic carbocycles. The molecule has 3 unspecified atom stereocenters. The van der Waals surface area contributed by atoms with Gasteiger partial charge < -0.3 is 30.8 Å². The van der Waals surface area contributed by atoms with Crippen LogP contribution in [-0.2, 0) is 31.0 Å². The van der Waals surface area contributed by atoms with Crippen LogP contribution >= 0.6 is 35.3 Å². The molecule has 0 bridgehead atoms. The molecule has 4 N–H and O–H groups in total. The second-order valence-corrected chi connectivity index (χ2v) is 9.94. The third-order valence-electron chi connectivity index (χ3n) is 4.75. The topological polar surface area (TPSA) is 206 Å². The van der Waals surface area contributed by atoms with Gasteiger partial charge in [0.15, 0.2) is 0 Å². The Bertz CT molecular complexity index is 1010. The Kier molecular flexibility index (Phi) is 12.0. The summed E-state index contributed by atoms with van der Waals surface area (Å²) in [5, 5.41) is 33.9. The molecule has 0 spiro atoms. The molecule has 1 fully saturated rings. The summed E-state index contributed by atoms with van der Waals surface area (Å²) in [4.78, 5) is 49.1. The van der Waals surface area contributed by atoms with Crippen molar-refractivity contribution in [2.45, 2.75) is 29.7 Å². The third kappa shape index (κ3) is 6.51. The number of aryl methyl sites for hydroxylation is 1. The molecule has 0 aliphatic carbocycles. The number of hydrogen-bond acceptors (Lipinski definition) is 13. The standard InChI is InChI=1S/C16H21N7O7S3.CH4.Na/c1-22-15(19-20-21-22)33-4-7-3-32-14-16(30-2,13(29)23(14)10(7)12(27)28)18-9(24)6-31-5-8(17)11(25)26;;/h8,14H,3-6,17H2,1-2H3,(H,18,24)(H,25,26)(H,27,28);1H4;/q;;+1/p-1. The van der Waals surface area contributed by atoms with Crippen molar-refractivity contribution in [2.24, 2.45) is 12.8 Å². The largest absolute Gasteiger partial charge is 1.00 e. The molecule has 0 radical (unpaired) electrons. The van der Waals surface area contributed by atoms with Crippen molar-refractivity contribution in [1.82, 2.24) is 30.4 Å². The van der Waals surface area contributed by atoms with Gasteiger partial charge in [0, 0.05) is 31.4 Å². The molecule has 188 valence electrons. The van der Waals surface area contributed by atoms with Crippen molar-refractivity contribution in [2.75, 3.05) is 30.1 Å². The van der Waals surface area contributed by atoms with E-state index < -0.39 is 40.9 Å². The van der Waals surface area contributed by atoms with Gasteiger partial charge in [-0.2, -0.15) is 0 Å². The minimum Gasteiger partial charge on any atom is -0.543 e. The van der Waals surface area contributed by atoms with E-state index in [1.807, 2.05) is 0 Å². The molecular weight excluding hydrogens is 533 g/mol. The number of thioether (sulfide) groups is 3. The van der Waals surface area contributed by atoms with Crippen molar-refractivity contribution >= 4 is 59.0 Å². The van der Waals surface area contributed by atoms with Crippen LogP contribution in [0.1, 0.15) is 7.43 Å². The number of carbonyl (C=O) groups excluding carboxylic acids is 3. The fraction of sp³-hybridized carbons (Fsp3) is 0.588. The Balaban J connectivity index is 0.00000306. The predicted octanol–water partition coefficient (Wildman–Crippen LogP) is -5.53. The Morgan fingerprint density at radius 3 is 2.69 bits per heavy atom. The van der Waals surface area contributed by atoms with Crippen LogP contribution in [0.2, 0.25) is 0 Å². The number of amides is 2. The van der Waals surface area contributed by atoms with E-state index in [2.05, 4.69) is 20.8 Å². The number of fused-ring (bicyclic) bond motifs is 1. The molecular formula is C17H24N7NaO7S3. The van der Waals surface area contributed by atoms with Gasteiger partial charge in [-0.05, 0) is 16.0 Å². The maximum absolute atomic E-state index is 13.0. The van der Waals surface area contributed by atoms with E-state index in [-0.39, 0.29) is 65.7 Å². The second kappa shape index (κ2) is 13.3. The van der Waals surface area contributed by atoms with Gasteiger partial charge in [-0.15, -0.1) is 28.6 Å². The van der Waals surface area contributed by atoms with Gasteiger partial charge in [0.05, 0.1) is 17.4 Å². The molecule has 35 heavy (non-hydrogen) atoms. The summed E-state index contributed by atoms with van der Waals surface area (Å²) in [5.41, 5.74) is 3.84. The fourth-order valence-corrected chi connectivity index (χ4v) is 6.33. The molecule has 3 rings (SSSR count). The van der Waals surface area contributed by atoms with Gasteiger partial charge in [0.25, 0.3) is 11.6 Å². The van der Waals surface area contributed by atoms with Crippen LogP contribution < -0.4 is 45.7 Å². The molecule has 1 saturated heterocycles. The number of carboxylic acids is 2. The first-order valence-corrected chi connectivity index (χ1v) is 12.5. The van der Waals surface area contributed by atoms with E-state index in [1.165, 1.54) is 35.3 Å². The number of tetrazole rings is 1. The van der Waals surface area contributed by atoms with Gasteiger partial charge in [-0.3, -0.25) is 19.3 Å². The average molecular weight is 558 g/mol. The number of carboxylic acid groups (broad SMARTS) is 2. The van der Waals surface area contributed by atoms with E-state index in [1.54, 1.807) is 7.05 Å². The molecule has 1 aromatic rings. The molecule has 3 atom stereocenters. The van der Waals surface area contributed by atoms with E-state index >= 15 is 0 Å². The first-order chi connectivity index (χ1) is 15.6. The summed E-state index contributed by atoms with van der Waals surface area (Å²) in [6.45, 7) is 0. The average Bonchev–Trinajstić information content (AvgIpc) is 3.19. The normalized spacial score (nSPS) is 21.7. The smallest absolute Gasteiger partial charge is 0.543 e. The number of nitrogens with zero attached hydrogens (tertiary/aromatic N) is 5. The predicted molar refractivity (Wildman–Crippen MR) is 122 cm³/mol. The van der Waals surface area contributed by atoms with Gasteiger partial charge in [0.1, 0.15) is 11.4 Å². The second-order valence-electron chi connectivity index (χ2n) is 6.90. The number of aliphatic carboxylic acids is 2. The SMILES string of the molecule is C.COC1(NC(=O)CSCC(N)C(=O)O)C(=O)N2C(C(=O)[O-])=C(CSc3nnnn3C)CSC21.[Na+]. The number of rotatable bonds is 11. The maximum atomic E-state index is 13.0. The van der Waals surface area contributed by atoms with Gasteiger partial charge in [-0.25, -0.2) is 4.68 Å². The van der Waals surface area contributed by atoms with E-state index in [4.69, 9.17) is 15.6 Å². The van der Waals surface area contributed by atoms with E-state index in [9.17, 15) is 24.3 Å². The molecule has 0 saturated carbocycles. The van der Waals surface area contributed by atoms with Crippen LogP contribution in [0, 0.1) is 0 Å². The Hall–Kier alpha value is -1.34. The minimum absolute atomic E-state index is 0. The quantitative estimate of drug-likeness (QED) is 0.100. The van der Waals surface area contributed by atoms with Crippen LogP contribution in [-0.4, -0.2) is 101 Å². The first-order valence-electron chi connectivity index (χ1n) is 9.28. The van der Waals surface area contributed by atoms with Crippen LogP contribution in [0.3, 0.4) is 0 Å². The van der Waals surface area contributed by atoms with Gasteiger partial charge in [-0.1, -0.05) is 19.2 Å². The number of β-lactam (4-membered cyclic amide) rings is 1. The van der Waals surface area contributed by atoms with Gasteiger partial charge in [0.2, 0.25) is 11.1 Å². The maximum Gasteiger partial charge on any atom is 1.00 e. The zero-order chi connectivity index (χ0) is 24.3. The van der Waals surface area contributed by atoms with Crippen molar-refractivity contribution in [3.63, 3.8) is 0 Å². The Morgan fingerprint density at radius 1 is 1.46 bits per heavy atom. The van der Waals surface area contributed by atoms with Gasteiger partial charge >= 0.3 is 35.5 Å². The molecule has 18 heteroatoms. The van der Waals surface area contributed by atoms with Crippen molar-refractivity contribution in [1.29, 1.82) is 0 Å². The minimum atomic E-state index is -1.75. The van der Waals surface area contributed by atoms with E-state index in [0.717, 1.165) is 16.7 Å². The van der Waals surface area contributed by atoms with Crippen LogP contribution in [0.25, 0.3) is 0 Å². The number of nitrogens with two attached hydrogens (primary N) is 1. The Labute approximate surface area is 235 Å². The van der Waals surface area contributed by atoms with Crippen LogP contribution in [0.4, 0.5) is 0 Å². The summed E-state index contributed by atoms with van der Waals surface area (Å²) in [6, 6.07) is -1.13. The number of ether oxygens (including phenoxy) is 1. The number of nitrogens with one attached hydrogen (secondary N) is 1. The number of carbonyl (C=O) groups is 4. The molecule has 2 amide bonds. The summed E-state index contributed by atoms with van der Waals surface area (Å²) < 4.78 is 6.78. The molecule has 3 heterocycles. The van der Waals surface area contributed by atoms with Crippen molar-refractivity contribution in [3.8, 4) is 0 Å². The van der Waals surface area contributed by atoms with Crippen LogP contribution in [0.15, 0.2) is 16.4 Å². The zero-order valence-electron chi connectivity index (χ0n) is 18.4. The number of hydrogen-bond donors (Lipinski definition) is 3. The van der Waals surface area contributed by atoms with E-state index in [0.29, 0.717) is 10.7 Å².